The maximum Gasteiger partial charge on any atom is 0.269 e. The van der Waals surface area contributed by atoms with Gasteiger partial charge in [-0.15, -0.1) is 0 Å². The number of piperidine rings is 1. The number of nitrogens with zero attached hydrogens (tertiary/aromatic N) is 2. The van der Waals surface area contributed by atoms with Crippen molar-refractivity contribution >= 4 is 29.5 Å². The molecule has 4 rings (SSSR count). The van der Waals surface area contributed by atoms with Gasteiger partial charge in [-0.3, -0.25) is 24.5 Å². The number of carbonyl (C=O) groups excluding carboxylic acids is 3. The van der Waals surface area contributed by atoms with E-state index in [0.29, 0.717) is 37.1 Å². The van der Waals surface area contributed by atoms with Crippen LogP contribution in [0.4, 0.5) is 10.1 Å². The van der Waals surface area contributed by atoms with Crippen LogP contribution in [0.3, 0.4) is 0 Å². The number of benzene rings is 2. The van der Waals surface area contributed by atoms with Crippen LogP contribution in [0.1, 0.15) is 54.4 Å². The molecule has 0 bridgehead atoms. The molecule has 3 amide bonds. The zero-order valence-electron chi connectivity index (χ0n) is 21.0. The lowest BCUT2D eigenvalue weighted by molar-refractivity contribution is -0.384. The van der Waals surface area contributed by atoms with Crippen LogP contribution < -0.4 is 10.6 Å². The smallest absolute Gasteiger partial charge is 0.269 e. The van der Waals surface area contributed by atoms with Gasteiger partial charge in [0.15, 0.2) is 0 Å². The molecule has 1 saturated heterocycles. The molecule has 2 aromatic rings. The van der Waals surface area contributed by atoms with Crippen molar-refractivity contribution < 1.29 is 23.7 Å². The molecule has 2 aliphatic rings. The minimum Gasteiger partial charge on any atom is -0.351 e. The van der Waals surface area contributed by atoms with Crippen molar-refractivity contribution in [3.05, 3.63) is 81.7 Å². The number of non-ortho nitro benzene ring substituents is 1. The zero-order chi connectivity index (χ0) is 27.1. The van der Waals surface area contributed by atoms with Crippen LogP contribution >= 0.6 is 0 Å². The van der Waals surface area contributed by atoms with Gasteiger partial charge in [0, 0.05) is 48.9 Å². The van der Waals surface area contributed by atoms with Crippen LogP contribution in [0.2, 0.25) is 0 Å². The summed E-state index contributed by atoms with van der Waals surface area (Å²) in [6.07, 6.45) is 7.75. The number of amides is 3. The predicted octanol–water partition coefficient (Wildman–Crippen LogP) is 3.84. The summed E-state index contributed by atoms with van der Waals surface area (Å²) in [5.74, 6) is -1.41. The summed E-state index contributed by atoms with van der Waals surface area (Å²) in [6.45, 7) is 0.849. The second kappa shape index (κ2) is 12.4. The van der Waals surface area contributed by atoms with Crippen molar-refractivity contribution in [1.82, 2.24) is 15.5 Å². The average Bonchev–Trinajstić information content (AvgIpc) is 2.93. The molecule has 9 nitrogen and oxygen atoms in total. The Labute approximate surface area is 220 Å². The molecule has 1 unspecified atom stereocenters. The van der Waals surface area contributed by atoms with Gasteiger partial charge in [-0.1, -0.05) is 12.8 Å². The number of hydrogen-bond donors (Lipinski definition) is 2. The Kier molecular flexibility index (Phi) is 8.83. The van der Waals surface area contributed by atoms with E-state index >= 15 is 0 Å². The first-order chi connectivity index (χ1) is 18.3. The Balaban J connectivity index is 1.32. The van der Waals surface area contributed by atoms with Crippen LogP contribution in [0, 0.1) is 21.8 Å². The third kappa shape index (κ3) is 7.02. The number of rotatable bonds is 7. The number of nitro groups is 1. The lowest BCUT2D eigenvalue weighted by Crippen LogP contribution is -2.55. The standard InChI is InChI=1S/C28H31FN4O5/c29-22-12-10-20(11-13-22)27(35)30-24-5-1-2-6-25(24)31-28(36)21-4-3-17-32(18-21)26(34)16-9-19-7-14-23(15-8-19)33(37)38/h7-16,21,24-25H,1-6,17-18H2,(H,30,35)(H,31,36)/b16-9+/t21?,24-,25-/m1/s1. The van der Waals surface area contributed by atoms with Gasteiger partial charge in [0.1, 0.15) is 5.82 Å². The quantitative estimate of drug-likeness (QED) is 0.325. The Morgan fingerprint density at radius 1 is 0.921 bits per heavy atom. The fourth-order valence-corrected chi connectivity index (χ4v) is 5.00. The molecule has 0 spiro atoms. The Bertz CT molecular complexity index is 1200. The third-order valence-corrected chi connectivity index (χ3v) is 7.14. The Morgan fingerprint density at radius 3 is 2.24 bits per heavy atom. The lowest BCUT2D eigenvalue weighted by atomic mass is 9.88. The normalized spacial score (nSPS) is 21.6. The summed E-state index contributed by atoms with van der Waals surface area (Å²) in [5.41, 5.74) is 1.01. The van der Waals surface area contributed by atoms with Gasteiger partial charge in [0.2, 0.25) is 11.8 Å². The van der Waals surface area contributed by atoms with E-state index < -0.39 is 10.7 Å². The Hall–Kier alpha value is -4.08. The summed E-state index contributed by atoms with van der Waals surface area (Å²) in [7, 11) is 0. The van der Waals surface area contributed by atoms with E-state index in [-0.39, 0.29) is 41.4 Å². The van der Waals surface area contributed by atoms with E-state index in [1.165, 1.54) is 42.5 Å². The highest BCUT2D eigenvalue weighted by molar-refractivity contribution is 5.94. The van der Waals surface area contributed by atoms with Gasteiger partial charge in [-0.2, -0.15) is 0 Å². The summed E-state index contributed by atoms with van der Waals surface area (Å²) < 4.78 is 13.2. The van der Waals surface area contributed by atoms with Gasteiger partial charge < -0.3 is 15.5 Å². The highest BCUT2D eigenvalue weighted by Gasteiger charge is 2.32. The zero-order valence-corrected chi connectivity index (χ0v) is 21.0. The molecule has 38 heavy (non-hydrogen) atoms. The molecule has 0 aromatic heterocycles. The van der Waals surface area contributed by atoms with E-state index in [2.05, 4.69) is 10.6 Å². The molecular formula is C28H31FN4O5. The molecular weight excluding hydrogens is 491 g/mol. The first-order valence-corrected chi connectivity index (χ1v) is 12.9. The number of likely N-dealkylation sites (tertiary alicyclic amines) is 1. The summed E-state index contributed by atoms with van der Waals surface area (Å²) in [4.78, 5) is 50.5. The van der Waals surface area contributed by atoms with Gasteiger partial charge in [-0.25, -0.2) is 4.39 Å². The first-order valence-electron chi connectivity index (χ1n) is 12.9. The molecule has 1 aliphatic carbocycles. The fraction of sp³-hybridized carbons (Fsp3) is 0.393. The number of nitro benzene ring substituents is 1. The number of hydrogen-bond acceptors (Lipinski definition) is 5. The van der Waals surface area contributed by atoms with Crippen molar-refractivity contribution in [2.24, 2.45) is 5.92 Å². The molecule has 0 radical (unpaired) electrons. The lowest BCUT2D eigenvalue weighted by Gasteiger charge is -2.36. The summed E-state index contributed by atoms with van der Waals surface area (Å²) in [6, 6.07) is 10.8. The third-order valence-electron chi connectivity index (χ3n) is 7.14. The largest absolute Gasteiger partial charge is 0.351 e. The summed E-state index contributed by atoms with van der Waals surface area (Å²) in [5, 5.41) is 16.9. The second-order valence-electron chi connectivity index (χ2n) is 9.79. The number of halogens is 1. The maximum atomic E-state index is 13.2. The average molecular weight is 523 g/mol. The molecule has 10 heteroatoms. The second-order valence-corrected chi connectivity index (χ2v) is 9.79. The van der Waals surface area contributed by atoms with Gasteiger partial charge >= 0.3 is 0 Å². The highest BCUT2D eigenvalue weighted by Crippen LogP contribution is 2.22. The van der Waals surface area contributed by atoms with Crippen molar-refractivity contribution in [3.8, 4) is 0 Å². The molecule has 2 aromatic carbocycles. The van der Waals surface area contributed by atoms with Crippen molar-refractivity contribution in [1.29, 1.82) is 0 Å². The number of carbonyl (C=O) groups is 3. The number of nitrogens with one attached hydrogen (secondary N) is 2. The highest BCUT2D eigenvalue weighted by atomic mass is 19.1. The maximum absolute atomic E-state index is 13.2. The van der Waals surface area contributed by atoms with Gasteiger partial charge in [-0.05, 0) is 73.7 Å². The first kappa shape index (κ1) is 27.0. The SMILES string of the molecule is O=C(N[C@@H]1CCCC[C@H]1NC(=O)C1CCCN(C(=O)/C=C/c2ccc([N+](=O)[O-])cc2)C1)c1ccc(F)cc1. The van der Waals surface area contributed by atoms with Crippen LogP contribution in [0.5, 0.6) is 0 Å². The monoisotopic (exact) mass is 522 g/mol. The van der Waals surface area contributed by atoms with Crippen molar-refractivity contribution in [2.45, 2.75) is 50.6 Å². The van der Waals surface area contributed by atoms with Crippen LogP contribution in [-0.2, 0) is 9.59 Å². The van der Waals surface area contributed by atoms with E-state index in [9.17, 15) is 28.9 Å². The minimum atomic E-state index is -0.480. The fourth-order valence-electron chi connectivity index (χ4n) is 5.00. The summed E-state index contributed by atoms with van der Waals surface area (Å²) >= 11 is 0. The molecule has 1 aliphatic heterocycles. The van der Waals surface area contributed by atoms with E-state index in [1.807, 2.05) is 0 Å². The molecule has 1 saturated carbocycles. The predicted molar refractivity (Wildman–Crippen MR) is 139 cm³/mol. The van der Waals surface area contributed by atoms with E-state index in [4.69, 9.17) is 0 Å². The van der Waals surface area contributed by atoms with Crippen LogP contribution in [0.25, 0.3) is 6.08 Å². The molecule has 2 N–H and O–H groups in total. The topological polar surface area (TPSA) is 122 Å². The minimum absolute atomic E-state index is 0.0198. The van der Waals surface area contributed by atoms with E-state index in [1.54, 1.807) is 23.1 Å². The molecule has 2 fully saturated rings. The van der Waals surface area contributed by atoms with Gasteiger partial charge in [0.05, 0.1) is 10.8 Å². The molecule has 200 valence electrons. The van der Waals surface area contributed by atoms with Crippen LogP contribution in [0.15, 0.2) is 54.6 Å². The van der Waals surface area contributed by atoms with Crippen LogP contribution in [-0.4, -0.2) is 52.7 Å². The Morgan fingerprint density at radius 2 is 1.58 bits per heavy atom. The van der Waals surface area contributed by atoms with Gasteiger partial charge in [0.25, 0.3) is 11.6 Å². The van der Waals surface area contributed by atoms with Crippen molar-refractivity contribution in [3.63, 3.8) is 0 Å². The van der Waals surface area contributed by atoms with Crippen molar-refractivity contribution in [2.75, 3.05) is 13.1 Å². The van der Waals surface area contributed by atoms with E-state index in [0.717, 1.165) is 25.7 Å². The molecule has 3 atom stereocenters. The molecule has 1 heterocycles.